The predicted molar refractivity (Wildman–Crippen MR) is 116 cm³/mol. The number of piperidine rings is 1. The molecule has 1 aliphatic heterocycles. The average Bonchev–Trinajstić information content (AvgIpc) is 3.32. The SMILES string of the molecule is COCCNC(=O)C1[C@H]2CN(S(=O)(=O)c3ccc(OC/C(=C/F)CN)nc3)C[C@@H]12.O=C(O)C(F)(F)F. The first kappa shape index (κ1) is 29.4. The Kier molecular flexibility index (Phi) is 10.2. The molecule has 2 aliphatic rings. The lowest BCUT2D eigenvalue weighted by Crippen LogP contribution is -2.36. The molecular weight excluding hydrogens is 516 g/mol. The molecule has 1 aromatic heterocycles. The monoisotopic (exact) mass is 542 g/mol. The standard InChI is InChI=1S/C18H25FN4O5S.C2HF3O2/c1-27-5-4-21-18(24)17-14-9-23(10-15(14)17)29(25,26)13-2-3-16(22-8-13)28-11-12(6-19)7-20;3-2(4,5)1(6)7/h2-3,6,8,14-15,17H,4-5,7,9-11,20H2,1H3,(H,21,24);(H,6,7)/b12-6+;/t14-,15+,17?;. The van der Waals surface area contributed by atoms with E-state index in [-0.39, 0.29) is 53.2 Å². The Hall–Kier alpha value is -2.82. The van der Waals surface area contributed by atoms with Crippen LogP contribution in [0.4, 0.5) is 17.6 Å². The van der Waals surface area contributed by atoms with Gasteiger partial charge >= 0.3 is 12.1 Å². The highest BCUT2D eigenvalue weighted by Crippen LogP contribution is 2.52. The molecular formula is C20H26F4N4O7S. The molecule has 0 aromatic carbocycles. The van der Waals surface area contributed by atoms with Crippen LogP contribution in [0.3, 0.4) is 0 Å². The highest BCUT2D eigenvalue weighted by molar-refractivity contribution is 7.89. The molecule has 36 heavy (non-hydrogen) atoms. The molecule has 202 valence electrons. The van der Waals surface area contributed by atoms with Gasteiger partial charge in [0.1, 0.15) is 11.5 Å². The van der Waals surface area contributed by atoms with Crippen LogP contribution in [0.1, 0.15) is 0 Å². The van der Waals surface area contributed by atoms with Crippen LogP contribution in [0.5, 0.6) is 5.88 Å². The van der Waals surface area contributed by atoms with E-state index in [0.717, 1.165) is 0 Å². The number of carboxylic acids is 1. The van der Waals surface area contributed by atoms with Crippen LogP contribution in [0.15, 0.2) is 35.1 Å². The lowest BCUT2D eigenvalue weighted by Gasteiger charge is -2.19. The third kappa shape index (κ3) is 7.59. The number of ether oxygens (including phenoxy) is 2. The summed E-state index contributed by atoms with van der Waals surface area (Å²) in [6.07, 6.45) is -3.49. The van der Waals surface area contributed by atoms with E-state index >= 15 is 0 Å². The number of sulfonamides is 1. The molecule has 1 aromatic rings. The molecule has 0 spiro atoms. The molecule has 1 amide bonds. The fourth-order valence-corrected chi connectivity index (χ4v) is 4.98. The number of amides is 1. The van der Waals surface area contributed by atoms with Crippen molar-refractivity contribution >= 4 is 21.9 Å². The number of nitrogens with one attached hydrogen (secondary N) is 1. The lowest BCUT2D eigenvalue weighted by molar-refractivity contribution is -0.192. The van der Waals surface area contributed by atoms with Crippen molar-refractivity contribution in [3.8, 4) is 5.88 Å². The first-order valence-corrected chi connectivity index (χ1v) is 11.9. The van der Waals surface area contributed by atoms with E-state index in [2.05, 4.69) is 10.3 Å². The second-order valence-electron chi connectivity index (χ2n) is 7.85. The number of halogens is 4. The van der Waals surface area contributed by atoms with Crippen molar-refractivity contribution < 1.29 is 50.1 Å². The number of carbonyl (C=O) groups is 2. The molecule has 0 radical (unpaired) electrons. The third-order valence-corrected chi connectivity index (χ3v) is 7.30. The topological polar surface area (TPSA) is 161 Å². The molecule has 3 atom stereocenters. The Labute approximate surface area is 204 Å². The molecule has 2 heterocycles. The summed E-state index contributed by atoms with van der Waals surface area (Å²) in [7, 11) is -2.13. The number of hydrogen-bond acceptors (Lipinski definition) is 8. The van der Waals surface area contributed by atoms with Gasteiger partial charge in [-0.25, -0.2) is 22.6 Å². The van der Waals surface area contributed by atoms with E-state index in [1.54, 1.807) is 7.11 Å². The predicted octanol–water partition coefficient (Wildman–Crippen LogP) is 0.535. The number of alkyl halides is 3. The van der Waals surface area contributed by atoms with Crippen LogP contribution in [0, 0.1) is 17.8 Å². The number of nitrogens with two attached hydrogens (primary N) is 1. The van der Waals surface area contributed by atoms with Crippen LogP contribution in [0.25, 0.3) is 0 Å². The van der Waals surface area contributed by atoms with Gasteiger partial charge < -0.3 is 25.6 Å². The molecule has 1 unspecified atom stereocenters. The maximum absolute atomic E-state index is 12.8. The number of aromatic nitrogens is 1. The van der Waals surface area contributed by atoms with Gasteiger partial charge in [0.2, 0.25) is 21.8 Å². The van der Waals surface area contributed by atoms with Crippen LogP contribution in [-0.4, -0.2) is 87.4 Å². The van der Waals surface area contributed by atoms with E-state index < -0.39 is 22.2 Å². The smallest absolute Gasteiger partial charge is 0.475 e. The Morgan fingerprint density at radius 3 is 2.36 bits per heavy atom. The number of carbonyl (C=O) groups excluding carboxylic acids is 1. The quantitative estimate of drug-likeness (QED) is 0.283. The largest absolute Gasteiger partial charge is 0.490 e. The first-order valence-electron chi connectivity index (χ1n) is 10.5. The maximum atomic E-state index is 12.8. The van der Waals surface area contributed by atoms with E-state index in [4.69, 9.17) is 25.1 Å². The summed E-state index contributed by atoms with van der Waals surface area (Å²) in [5.41, 5.74) is 5.61. The van der Waals surface area contributed by atoms with Crippen LogP contribution < -0.4 is 15.8 Å². The van der Waals surface area contributed by atoms with E-state index in [9.17, 15) is 30.8 Å². The molecule has 16 heteroatoms. The van der Waals surface area contributed by atoms with Gasteiger partial charge in [-0.05, 0) is 17.9 Å². The highest BCUT2D eigenvalue weighted by Gasteiger charge is 2.61. The minimum atomic E-state index is -5.08. The average molecular weight is 543 g/mol. The van der Waals surface area contributed by atoms with Gasteiger partial charge in [0.25, 0.3) is 0 Å². The number of aliphatic carboxylic acids is 1. The normalized spacial score (nSPS) is 21.7. The fourth-order valence-electron chi connectivity index (χ4n) is 3.52. The van der Waals surface area contributed by atoms with Gasteiger partial charge in [-0.3, -0.25) is 4.79 Å². The zero-order valence-corrected chi connectivity index (χ0v) is 19.9. The summed E-state index contributed by atoms with van der Waals surface area (Å²) in [4.78, 5) is 25.0. The number of methoxy groups -OCH3 is 1. The summed E-state index contributed by atoms with van der Waals surface area (Å²) in [6.45, 7) is 1.48. The van der Waals surface area contributed by atoms with Crippen molar-refractivity contribution in [2.75, 3.05) is 46.5 Å². The van der Waals surface area contributed by atoms with E-state index in [1.807, 2.05) is 0 Å². The molecule has 1 aliphatic carbocycles. The lowest BCUT2D eigenvalue weighted by atomic mass is 10.2. The van der Waals surface area contributed by atoms with Crippen molar-refractivity contribution in [3.63, 3.8) is 0 Å². The van der Waals surface area contributed by atoms with Gasteiger partial charge in [0.05, 0.1) is 19.1 Å². The van der Waals surface area contributed by atoms with Crippen molar-refractivity contribution in [1.82, 2.24) is 14.6 Å². The number of hydrogen-bond donors (Lipinski definition) is 3. The number of carboxylic acid groups (broad SMARTS) is 1. The minimum Gasteiger partial charge on any atom is -0.475 e. The zero-order valence-electron chi connectivity index (χ0n) is 19.1. The molecule has 1 saturated carbocycles. The number of fused-ring (bicyclic) bond motifs is 1. The van der Waals surface area contributed by atoms with Crippen molar-refractivity contribution in [2.45, 2.75) is 11.1 Å². The summed E-state index contributed by atoms with van der Waals surface area (Å²) in [5.74, 6) is -2.67. The molecule has 4 N–H and O–H groups in total. The number of nitrogens with zero attached hydrogens (tertiary/aromatic N) is 2. The molecule has 1 saturated heterocycles. The fraction of sp³-hybridized carbons (Fsp3) is 0.550. The van der Waals surface area contributed by atoms with Gasteiger partial charge in [-0.2, -0.15) is 17.5 Å². The van der Waals surface area contributed by atoms with Gasteiger partial charge in [0.15, 0.2) is 0 Å². The number of pyridine rings is 1. The van der Waals surface area contributed by atoms with Crippen LogP contribution in [-0.2, 0) is 24.3 Å². The van der Waals surface area contributed by atoms with Crippen LogP contribution in [0.2, 0.25) is 0 Å². The molecule has 2 fully saturated rings. The van der Waals surface area contributed by atoms with Crippen molar-refractivity contribution in [1.29, 1.82) is 0 Å². The Balaban J connectivity index is 0.000000572. The minimum absolute atomic E-state index is 0.0195. The summed E-state index contributed by atoms with van der Waals surface area (Å²) in [5, 5.41) is 9.93. The van der Waals surface area contributed by atoms with Crippen molar-refractivity contribution in [2.24, 2.45) is 23.5 Å². The highest BCUT2D eigenvalue weighted by atomic mass is 32.2. The Morgan fingerprint density at radius 1 is 1.31 bits per heavy atom. The summed E-state index contributed by atoms with van der Waals surface area (Å²) >= 11 is 0. The van der Waals surface area contributed by atoms with Crippen molar-refractivity contribution in [3.05, 3.63) is 30.2 Å². The third-order valence-electron chi connectivity index (χ3n) is 5.48. The van der Waals surface area contributed by atoms with Gasteiger partial charge in [-0.15, -0.1) is 0 Å². The molecule has 11 nitrogen and oxygen atoms in total. The first-order chi connectivity index (χ1) is 16.9. The summed E-state index contributed by atoms with van der Waals surface area (Å²) < 4.78 is 81.4. The second kappa shape index (κ2) is 12.4. The number of rotatable bonds is 10. The second-order valence-corrected chi connectivity index (χ2v) is 9.79. The van der Waals surface area contributed by atoms with Gasteiger partial charge in [0, 0.05) is 50.8 Å². The maximum Gasteiger partial charge on any atom is 0.490 e. The Morgan fingerprint density at radius 2 is 1.92 bits per heavy atom. The van der Waals surface area contributed by atoms with E-state index in [0.29, 0.717) is 32.6 Å². The molecule has 0 bridgehead atoms. The summed E-state index contributed by atoms with van der Waals surface area (Å²) in [6, 6.07) is 2.82. The van der Waals surface area contributed by atoms with Crippen LogP contribution >= 0.6 is 0 Å². The molecule has 3 rings (SSSR count). The van der Waals surface area contributed by atoms with Gasteiger partial charge in [-0.1, -0.05) is 0 Å². The zero-order chi connectivity index (χ0) is 27.1. The Bertz CT molecular complexity index is 1040. The van der Waals surface area contributed by atoms with E-state index in [1.165, 1.54) is 22.6 Å².